The Bertz CT molecular complexity index is 1970. The van der Waals surface area contributed by atoms with E-state index in [1.165, 1.54) is 134 Å². The van der Waals surface area contributed by atoms with Crippen LogP contribution in [0.4, 0.5) is 0 Å². The van der Waals surface area contributed by atoms with Crippen molar-refractivity contribution in [2.75, 3.05) is 0 Å². The topological polar surface area (TPSA) is 0 Å². The third-order valence-electron chi connectivity index (χ3n) is 13.4. The Hall–Kier alpha value is -2.80. The molecule has 0 unspecified atom stereocenters. The van der Waals surface area contributed by atoms with Crippen molar-refractivity contribution < 1.29 is 26.2 Å². The van der Waals surface area contributed by atoms with E-state index in [2.05, 4.69) is 124 Å². The first-order chi connectivity index (χ1) is 26.0. The van der Waals surface area contributed by atoms with Crippen LogP contribution >= 0.6 is 0 Å². The minimum absolute atomic E-state index is 0. The molecular formula is C52H62SiZr. The maximum atomic E-state index is 2.70. The smallest absolute Gasteiger partial charge is 0.158 e. The average molecular weight is 806 g/mol. The van der Waals surface area contributed by atoms with Gasteiger partial charge in [0.05, 0.1) is 0 Å². The van der Waals surface area contributed by atoms with Crippen molar-refractivity contribution in [3.63, 3.8) is 0 Å². The summed E-state index contributed by atoms with van der Waals surface area (Å²) in [6.45, 7) is 10.1. The Morgan fingerprint density at radius 3 is 1.28 bits per heavy atom. The zero-order valence-electron chi connectivity index (χ0n) is 33.7. The molecule has 0 radical (unpaired) electrons. The van der Waals surface area contributed by atoms with E-state index in [0.29, 0.717) is 0 Å². The molecule has 0 saturated heterocycles. The monoisotopic (exact) mass is 804 g/mol. The Morgan fingerprint density at radius 2 is 0.907 bits per heavy atom. The van der Waals surface area contributed by atoms with E-state index < -0.39 is 8.07 Å². The van der Waals surface area contributed by atoms with Gasteiger partial charge in [-0.25, -0.2) is 0 Å². The zero-order chi connectivity index (χ0) is 36.4. The number of hydrogen-bond donors (Lipinski definition) is 0. The molecule has 0 atom stereocenters. The molecule has 2 aliphatic rings. The van der Waals surface area contributed by atoms with Gasteiger partial charge in [0.1, 0.15) is 0 Å². The van der Waals surface area contributed by atoms with E-state index in [-0.39, 0.29) is 26.2 Å². The maximum absolute atomic E-state index is 2.70. The Morgan fingerprint density at radius 1 is 0.519 bits per heavy atom. The molecule has 8 rings (SSSR count). The molecule has 6 aromatic rings. The molecule has 2 heteroatoms. The maximum Gasteiger partial charge on any atom is 2.00 e. The average Bonchev–Trinajstić information content (AvgIpc) is 3.79. The van der Waals surface area contributed by atoms with Gasteiger partial charge in [0.15, 0.2) is 0 Å². The van der Waals surface area contributed by atoms with Gasteiger partial charge in [0, 0.05) is 8.07 Å². The third kappa shape index (κ3) is 7.78. The number of unbranched alkanes of at least 4 members (excludes halogenated alkanes) is 2. The molecule has 278 valence electrons. The molecule has 0 bridgehead atoms. The zero-order valence-corrected chi connectivity index (χ0v) is 37.2. The van der Waals surface area contributed by atoms with Gasteiger partial charge in [-0.3, -0.25) is 0 Å². The van der Waals surface area contributed by atoms with Gasteiger partial charge in [0.2, 0.25) is 0 Å². The van der Waals surface area contributed by atoms with Crippen molar-refractivity contribution in [2.24, 2.45) is 0 Å². The Labute approximate surface area is 347 Å². The van der Waals surface area contributed by atoms with Crippen molar-refractivity contribution in [1.82, 2.24) is 0 Å². The fraction of sp³-hybridized carbons (Fsp3) is 0.423. The first-order valence-corrected chi connectivity index (χ1v) is 24.6. The van der Waals surface area contributed by atoms with Gasteiger partial charge >= 0.3 is 26.2 Å². The molecule has 54 heavy (non-hydrogen) atoms. The van der Waals surface area contributed by atoms with Crippen LogP contribution < -0.4 is 10.4 Å². The minimum Gasteiger partial charge on any atom is -0.158 e. The van der Waals surface area contributed by atoms with Crippen molar-refractivity contribution >= 4 is 40.0 Å². The Balaban J connectivity index is 0.00000450. The second kappa shape index (κ2) is 17.6. The summed E-state index contributed by atoms with van der Waals surface area (Å²) in [5, 5.41) is 9.33. The van der Waals surface area contributed by atoms with Crippen LogP contribution in [-0.4, -0.2) is 8.07 Å². The molecule has 0 aliphatic heterocycles. The fourth-order valence-corrected chi connectivity index (χ4v) is 14.7. The largest absolute Gasteiger partial charge is 2.00 e. The van der Waals surface area contributed by atoms with Crippen LogP contribution in [0, 0.1) is 0 Å². The Kier molecular flexibility index (Phi) is 12.8. The van der Waals surface area contributed by atoms with Crippen LogP contribution in [0.5, 0.6) is 0 Å². The molecule has 0 spiro atoms. The molecule has 0 N–H and O–H groups in total. The molecule has 2 fully saturated rings. The van der Waals surface area contributed by atoms with Gasteiger partial charge < -0.3 is 0 Å². The summed E-state index contributed by atoms with van der Waals surface area (Å²) >= 11 is 0. The van der Waals surface area contributed by atoms with Crippen molar-refractivity contribution in [3.8, 4) is 22.3 Å². The molecule has 6 aromatic carbocycles. The van der Waals surface area contributed by atoms with E-state index in [1.807, 2.05) is 0 Å². The van der Waals surface area contributed by atoms with Crippen molar-refractivity contribution in [2.45, 2.75) is 142 Å². The summed E-state index contributed by atoms with van der Waals surface area (Å²) in [7, 11) is -2.27. The summed E-state index contributed by atoms with van der Waals surface area (Å²) < 4.78 is 0. The quantitative estimate of drug-likeness (QED) is 0.0854. The summed E-state index contributed by atoms with van der Waals surface area (Å²) in [5.41, 5.74) is 11.9. The fourth-order valence-electron chi connectivity index (χ4n) is 10.7. The van der Waals surface area contributed by atoms with Crippen molar-refractivity contribution in [1.29, 1.82) is 0 Å². The predicted octanol–water partition coefficient (Wildman–Crippen LogP) is 14.4. The number of benzene rings is 4. The molecule has 0 nitrogen and oxygen atoms in total. The van der Waals surface area contributed by atoms with Crippen LogP contribution in [0.1, 0.15) is 138 Å². The van der Waals surface area contributed by atoms with Gasteiger partial charge in [-0.1, -0.05) is 163 Å². The van der Waals surface area contributed by atoms with Crippen LogP contribution in [0.15, 0.2) is 97.1 Å². The van der Waals surface area contributed by atoms with Gasteiger partial charge in [-0.05, 0) is 72.6 Å². The number of rotatable bonds is 12. The van der Waals surface area contributed by atoms with E-state index >= 15 is 0 Å². The van der Waals surface area contributed by atoms with Gasteiger partial charge in [-0.15, -0.1) is 69.1 Å². The first-order valence-electron chi connectivity index (χ1n) is 21.6. The van der Waals surface area contributed by atoms with Gasteiger partial charge in [-0.2, -0.15) is 10.4 Å². The normalized spacial score (nSPS) is 15.9. The van der Waals surface area contributed by atoms with Crippen molar-refractivity contribution in [3.05, 3.63) is 119 Å². The number of hydrogen-bond acceptors (Lipinski definition) is 0. The molecule has 0 aromatic heterocycles. The second-order valence-corrected chi connectivity index (χ2v) is 21.6. The van der Waals surface area contributed by atoms with Crippen LogP contribution in [0.3, 0.4) is 0 Å². The van der Waals surface area contributed by atoms with E-state index in [1.54, 1.807) is 32.6 Å². The van der Waals surface area contributed by atoms with Crippen LogP contribution in [0.25, 0.3) is 43.8 Å². The standard InChI is InChI=1S/C52H62Si.Zr/c1-5-7-17-45-35-43-23-15-25-47(41-31-27-39(28-32-41)37-19-11-9-12-20-37)49(43)51(45)53(3,4)52-46(18-8-6-2)36-44-24-16-26-48(50(44)52)42-33-29-40(30-34-42)38-21-13-10-14-22-38;/h15-16,23-38H,5-14,17-22H2,1-4H3;/q-2;+2. The molecule has 0 heterocycles. The molecule has 2 saturated carbocycles. The molecular weight excluding hydrogens is 744 g/mol. The summed E-state index contributed by atoms with van der Waals surface area (Å²) in [6, 6.07) is 39.1. The minimum atomic E-state index is -2.27. The summed E-state index contributed by atoms with van der Waals surface area (Å²) in [6.07, 6.45) is 21.0. The van der Waals surface area contributed by atoms with E-state index in [0.717, 1.165) is 24.7 Å². The number of fused-ring (bicyclic) bond motifs is 2. The second-order valence-electron chi connectivity index (χ2n) is 17.4. The summed E-state index contributed by atoms with van der Waals surface area (Å²) in [4.78, 5) is 0. The SMILES string of the molecule is CCCCc1[cH-]c2cccc(-c3ccc(C4CCCCC4)cc3)c2c1[Si](C)(C)c1c(CCCC)[cH-]c2cccc(-c3ccc(C4CCCCC4)cc3)c12.[Zr+2]. The molecule has 0 amide bonds. The third-order valence-corrected chi connectivity index (χ3v) is 17.1. The van der Waals surface area contributed by atoms with Gasteiger partial charge in [0.25, 0.3) is 0 Å². The summed E-state index contributed by atoms with van der Waals surface area (Å²) in [5.74, 6) is 1.47. The molecule has 2 aliphatic carbocycles. The van der Waals surface area contributed by atoms with E-state index in [9.17, 15) is 0 Å². The predicted molar refractivity (Wildman–Crippen MR) is 236 cm³/mol. The number of aryl methyl sites for hydroxylation is 2. The van der Waals surface area contributed by atoms with E-state index in [4.69, 9.17) is 0 Å². The van der Waals surface area contributed by atoms with Crippen LogP contribution in [-0.2, 0) is 39.0 Å². The van der Waals surface area contributed by atoms with Crippen LogP contribution in [0.2, 0.25) is 13.1 Å². The first kappa shape index (κ1) is 39.4.